The van der Waals surface area contributed by atoms with E-state index in [1.165, 1.54) is 6.92 Å². The number of aliphatic hydroxyl groups excluding tert-OH is 1. The van der Waals surface area contributed by atoms with Gasteiger partial charge in [0.2, 0.25) is 0 Å². The van der Waals surface area contributed by atoms with Crippen molar-refractivity contribution in [2.24, 2.45) is 16.7 Å². The van der Waals surface area contributed by atoms with Gasteiger partial charge in [-0.2, -0.15) is 0 Å². The van der Waals surface area contributed by atoms with Crippen LogP contribution in [0.4, 0.5) is 0 Å². The Bertz CT molecular complexity index is 2550. The summed E-state index contributed by atoms with van der Waals surface area (Å²) in [6.45, 7) is 24.0. The van der Waals surface area contributed by atoms with Gasteiger partial charge in [0, 0.05) is 41.7 Å². The number of carbonyl (C=O) groups excluding carboxylic acids is 5. The Labute approximate surface area is 433 Å². The van der Waals surface area contributed by atoms with Crippen LogP contribution in [0.3, 0.4) is 0 Å². The number of hydrogen-bond donors (Lipinski definition) is 3. The van der Waals surface area contributed by atoms with Gasteiger partial charge in [-0.1, -0.05) is 129 Å². The molecular formula is C57H77NO13Si2. The van der Waals surface area contributed by atoms with Gasteiger partial charge in [0.15, 0.2) is 34.1 Å². The molecule has 1 amide bonds. The molecule has 3 aromatic rings. The molecule has 1 saturated heterocycles. The van der Waals surface area contributed by atoms with Crippen LogP contribution in [-0.2, 0) is 42.2 Å². The molecule has 0 aromatic heterocycles. The Morgan fingerprint density at radius 2 is 1.40 bits per heavy atom. The number of nitrogens with one attached hydrogen (secondary N) is 1. The van der Waals surface area contributed by atoms with Crippen LogP contribution in [0.2, 0.25) is 36.3 Å². The van der Waals surface area contributed by atoms with Crippen molar-refractivity contribution in [3.63, 3.8) is 0 Å². The largest absolute Gasteiger partial charge is 0.456 e. The lowest BCUT2D eigenvalue weighted by atomic mass is 9.44. The average molecular weight is 1040 g/mol. The standard InChI is InChI=1S/C57H77NO13Si2/c1-14-73(15-2,16-3)70-41-32-42-56(34-66-42,69-36(5)59)47-49(68-51(63)39-30-24-19-25-31-39)57(65)33-40(35(4)43(54(57,9)10)45(60)48(61)55(41,47)11)67-52(64)46(71-72(12,13)53(6,7)8)44(37-26-20-17-21-27-37)58-50(62)38-28-22-18-23-29-38/h17-31,40-42,44,46-49,61,65H,14-16,32-34H2,1-13H3,(H,58,62)/t40-,41-,42+,44-,46+,47-,48-,49-,55+,56-,57+/m0/s1. The van der Waals surface area contributed by atoms with E-state index in [-0.39, 0.29) is 29.7 Å². The molecule has 2 saturated carbocycles. The third-order valence-corrected chi connectivity index (χ3v) is 26.8. The lowest BCUT2D eigenvalue weighted by molar-refractivity contribution is -0.356. The zero-order valence-corrected chi connectivity index (χ0v) is 46.9. The number of benzene rings is 3. The quantitative estimate of drug-likeness (QED) is 0.0699. The third-order valence-electron chi connectivity index (χ3n) is 17.7. The summed E-state index contributed by atoms with van der Waals surface area (Å²) in [4.78, 5) is 73.7. The lowest BCUT2D eigenvalue weighted by Gasteiger charge is -2.69. The normalized spacial score (nSPS) is 29.7. The van der Waals surface area contributed by atoms with Gasteiger partial charge in [0.1, 0.15) is 30.0 Å². The number of esters is 3. The maximum atomic E-state index is 15.8. The highest BCUT2D eigenvalue weighted by atomic mass is 28.4. The third kappa shape index (κ3) is 9.86. The fraction of sp³-hybridized carbons (Fsp3) is 0.561. The molecule has 0 unspecified atom stereocenters. The fourth-order valence-corrected chi connectivity index (χ4v) is 16.1. The second kappa shape index (κ2) is 20.7. The molecule has 3 fully saturated rings. The van der Waals surface area contributed by atoms with E-state index in [9.17, 15) is 24.6 Å². The van der Waals surface area contributed by atoms with E-state index in [1.807, 2.05) is 39.9 Å². The molecule has 0 radical (unpaired) electrons. The lowest BCUT2D eigenvalue weighted by Crippen LogP contribution is -2.82. The number of carbonyl (C=O) groups is 5. The van der Waals surface area contributed by atoms with Crippen LogP contribution in [0.25, 0.3) is 0 Å². The molecule has 1 aliphatic heterocycles. The number of Topliss-reactive ketones (excluding diaryl/α,β-unsaturated/α-hetero) is 1. The molecule has 7 rings (SSSR count). The zero-order chi connectivity index (χ0) is 53.7. The first-order chi connectivity index (χ1) is 34.2. The number of rotatable bonds is 16. The first-order valence-corrected chi connectivity index (χ1v) is 31.3. The van der Waals surface area contributed by atoms with Crippen LogP contribution in [-0.4, -0.2) is 111 Å². The van der Waals surface area contributed by atoms with Gasteiger partial charge in [0.05, 0.1) is 30.2 Å². The van der Waals surface area contributed by atoms with Crippen molar-refractivity contribution in [3.8, 4) is 0 Å². The Balaban J connectivity index is 1.44. The van der Waals surface area contributed by atoms with Crippen LogP contribution in [0.5, 0.6) is 0 Å². The second-order valence-corrected chi connectivity index (χ2v) is 32.5. The molecule has 4 aliphatic rings. The van der Waals surface area contributed by atoms with Crippen LogP contribution >= 0.6 is 0 Å². The Morgan fingerprint density at radius 1 is 0.849 bits per heavy atom. The highest BCUT2D eigenvalue weighted by molar-refractivity contribution is 6.74. The molecule has 1 heterocycles. The minimum Gasteiger partial charge on any atom is -0.456 e. The van der Waals surface area contributed by atoms with Crippen molar-refractivity contribution >= 4 is 46.2 Å². The van der Waals surface area contributed by atoms with Gasteiger partial charge in [-0.15, -0.1) is 0 Å². The van der Waals surface area contributed by atoms with E-state index in [2.05, 4.69) is 26.1 Å². The maximum Gasteiger partial charge on any atom is 0.338 e. The van der Waals surface area contributed by atoms with Crippen LogP contribution in [0, 0.1) is 16.7 Å². The fourth-order valence-electron chi connectivity index (χ4n) is 12.0. The summed E-state index contributed by atoms with van der Waals surface area (Å²) in [6, 6.07) is 27.0. The minimum atomic E-state index is -2.91. The molecule has 396 valence electrons. The van der Waals surface area contributed by atoms with Crippen molar-refractivity contribution in [2.75, 3.05) is 6.61 Å². The smallest absolute Gasteiger partial charge is 0.338 e. The van der Waals surface area contributed by atoms with Crippen molar-refractivity contribution in [1.82, 2.24) is 5.32 Å². The maximum absolute atomic E-state index is 15.8. The number of fused-ring (bicyclic) bond motifs is 5. The first-order valence-electron chi connectivity index (χ1n) is 25.9. The molecule has 3 aromatic carbocycles. The van der Waals surface area contributed by atoms with Crippen LogP contribution in [0.1, 0.15) is 121 Å². The molecule has 73 heavy (non-hydrogen) atoms. The van der Waals surface area contributed by atoms with Crippen molar-refractivity contribution < 1.29 is 62.0 Å². The zero-order valence-electron chi connectivity index (χ0n) is 44.9. The van der Waals surface area contributed by atoms with Gasteiger partial charge in [0.25, 0.3) is 5.91 Å². The number of hydrogen-bond acceptors (Lipinski definition) is 13. The van der Waals surface area contributed by atoms with Crippen molar-refractivity contribution in [1.29, 1.82) is 0 Å². The number of amides is 1. The first kappa shape index (κ1) is 55.9. The Kier molecular flexibility index (Phi) is 15.9. The Morgan fingerprint density at radius 3 is 1.90 bits per heavy atom. The predicted molar refractivity (Wildman–Crippen MR) is 280 cm³/mol. The van der Waals surface area contributed by atoms with Crippen LogP contribution < -0.4 is 5.32 Å². The van der Waals surface area contributed by atoms with E-state index >= 15 is 9.59 Å². The van der Waals surface area contributed by atoms with Gasteiger partial charge >= 0.3 is 17.9 Å². The molecule has 3 N–H and O–H groups in total. The van der Waals surface area contributed by atoms with E-state index < -0.39 is 128 Å². The average Bonchev–Trinajstić information content (AvgIpc) is 3.35. The molecule has 2 bridgehead atoms. The monoisotopic (exact) mass is 1040 g/mol. The van der Waals surface area contributed by atoms with E-state index in [1.54, 1.807) is 113 Å². The summed E-state index contributed by atoms with van der Waals surface area (Å²) < 4.78 is 40.4. The van der Waals surface area contributed by atoms with E-state index in [0.29, 0.717) is 11.1 Å². The van der Waals surface area contributed by atoms with Gasteiger partial charge in [-0.3, -0.25) is 14.4 Å². The molecule has 0 spiro atoms. The van der Waals surface area contributed by atoms with E-state index in [0.717, 1.165) is 18.1 Å². The second-order valence-electron chi connectivity index (χ2n) is 23.0. The summed E-state index contributed by atoms with van der Waals surface area (Å²) in [5, 5.41) is 30.1. The Hall–Kier alpha value is -4.82. The minimum absolute atomic E-state index is 0.0110. The molecule has 3 aliphatic carbocycles. The number of ether oxygens (including phenoxy) is 4. The van der Waals surface area contributed by atoms with E-state index in [4.69, 9.17) is 27.8 Å². The summed E-state index contributed by atoms with van der Waals surface area (Å²) in [5.74, 6) is -4.92. The number of ketones is 1. The van der Waals surface area contributed by atoms with Gasteiger partial charge in [-0.25, -0.2) is 9.59 Å². The summed E-state index contributed by atoms with van der Waals surface area (Å²) in [6.07, 6.45) is -8.44. The SMILES string of the molecule is CC[Si](CC)(CC)O[C@H]1C[C@H]2OC[C@@]2(OC(C)=O)[C@H]2[C@H](OC(=O)c3ccccc3)[C@]3(O)C[C@H](OC(=O)[C@H](O[Si](C)(C)C(C)(C)C)[C@@H](NC(=O)c4ccccc4)c4ccccc4)C(C)=C(C(=O)[C@H](O)[C@]12C)C3(C)C. The summed E-state index contributed by atoms with van der Waals surface area (Å²) in [5.41, 5.74) is -5.93. The van der Waals surface area contributed by atoms with Crippen molar-refractivity contribution in [3.05, 3.63) is 119 Å². The highest BCUT2D eigenvalue weighted by Crippen LogP contribution is 2.65. The highest BCUT2D eigenvalue weighted by Gasteiger charge is 2.78. The predicted octanol–water partition coefficient (Wildman–Crippen LogP) is 9.22. The molecule has 11 atom stereocenters. The summed E-state index contributed by atoms with van der Waals surface area (Å²) >= 11 is 0. The molecule has 16 heteroatoms. The topological polar surface area (TPSA) is 193 Å². The van der Waals surface area contributed by atoms with Gasteiger partial charge in [-0.05, 0) is 78.6 Å². The summed E-state index contributed by atoms with van der Waals surface area (Å²) in [7, 11) is -5.49. The molecule has 14 nitrogen and oxygen atoms in total. The number of aliphatic hydroxyl groups is 2. The van der Waals surface area contributed by atoms with Crippen LogP contribution in [0.15, 0.2) is 102 Å². The van der Waals surface area contributed by atoms with Gasteiger partial charge < -0.3 is 43.3 Å². The molecular weight excluding hydrogens is 963 g/mol. The van der Waals surface area contributed by atoms with Crippen molar-refractivity contribution in [2.45, 2.75) is 179 Å².